The highest BCUT2D eigenvalue weighted by molar-refractivity contribution is 5.76. The van der Waals surface area contributed by atoms with Crippen molar-refractivity contribution in [1.29, 1.82) is 0 Å². The van der Waals surface area contributed by atoms with Crippen LogP contribution in [-0.2, 0) is 20.9 Å². The van der Waals surface area contributed by atoms with E-state index in [1.807, 2.05) is 36.8 Å². The van der Waals surface area contributed by atoms with Gasteiger partial charge in [-0.15, -0.1) is 0 Å². The Balaban J connectivity index is 0.000000913. The van der Waals surface area contributed by atoms with E-state index >= 15 is 0 Å². The number of carbonyl (C=O) groups excluding carboxylic acids is 1. The first-order valence-electron chi connectivity index (χ1n) is 11.1. The Hall–Kier alpha value is -2.49. The second-order valence-electron chi connectivity index (χ2n) is 9.04. The average Bonchev–Trinajstić information content (AvgIpc) is 3.17. The lowest BCUT2D eigenvalue weighted by Gasteiger charge is -2.52. The maximum absolute atomic E-state index is 12.0. The summed E-state index contributed by atoms with van der Waals surface area (Å²) in [5, 5.41) is 24.9. The van der Waals surface area contributed by atoms with Crippen molar-refractivity contribution in [3.8, 4) is 0 Å². The Bertz CT molecular complexity index is 938. The van der Waals surface area contributed by atoms with Crippen LogP contribution in [0.3, 0.4) is 0 Å². The number of nitrogens with zero attached hydrogens (tertiary/aromatic N) is 3. The van der Waals surface area contributed by atoms with Crippen molar-refractivity contribution in [2.45, 2.75) is 70.2 Å². The van der Waals surface area contributed by atoms with Gasteiger partial charge in [0.2, 0.25) is 5.91 Å². The SMILES string of the molecule is CCC(=O)N[C@]1(C)CC2(CCN(Cc3cnn4cccc(C)c34)CC2)OC[C@H]1O.O=CO. The molecule has 0 aromatic carbocycles. The summed E-state index contributed by atoms with van der Waals surface area (Å²) in [5.74, 6) is -0.0236. The summed E-state index contributed by atoms with van der Waals surface area (Å²) in [4.78, 5) is 22.8. The van der Waals surface area contributed by atoms with Gasteiger partial charge in [0, 0.05) is 44.2 Å². The Morgan fingerprint density at radius 2 is 2.09 bits per heavy atom. The van der Waals surface area contributed by atoms with Crippen LogP contribution in [0.2, 0.25) is 0 Å². The van der Waals surface area contributed by atoms with Crippen molar-refractivity contribution in [3.05, 3.63) is 35.7 Å². The Labute approximate surface area is 188 Å². The minimum absolute atomic E-state index is 0.0236. The minimum atomic E-state index is -0.677. The highest BCUT2D eigenvalue weighted by atomic mass is 16.5. The molecule has 176 valence electrons. The number of aliphatic hydroxyl groups excluding tert-OH is 1. The smallest absolute Gasteiger partial charge is 0.290 e. The molecule has 0 bridgehead atoms. The summed E-state index contributed by atoms with van der Waals surface area (Å²) in [7, 11) is 0. The van der Waals surface area contributed by atoms with Crippen LogP contribution < -0.4 is 5.32 Å². The molecule has 4 heterocycles. The van der Waals surface area contributed by atoms with Crippen LogP contribution in [0, 0.1) is 6.92 Å². The zero-order valence-electron chi connectivity index (χ0n) is 19.1. The molecule has 2 atom stereocenters. The third-order valence-corrected chi connectivity index (χ3v) is 6.70. The average molecular weight is 447 g/mol. The molecule has 0 saturated carbocycles. The van der Waals surface area contributed by atoms with Gasteiger partial charge in [0.05, 0.1) is 29.5 Å². The number of fused-ring (bicyclic) bond motifs is 1. The number of carbonyl (C=O) groups is 2. The van der Waals surface area contributed by atoms with E-state index in [-0.39, 0.29) is 24.6 Å². The van der Waals surface area contributed by atoms with Gasteiger partial charge in [-0.05, 0) is 38.3 Å². The number of hydrogen-bond donors (Lipinski definition) is 3. The number of pyridine rings is 1. The molecule has 4 rings (SSSR count). The number of rotatable bonds is 4. The quantitative estimate of drug-likeness (QED) is 0.613. The van der Waals surface area contributed by atoms with Crippen LogP contribution >= 0.6 is 0 Å². The van der Waals surface area contributed by atoms with Gasteiger partial charge in [0.1, 0.15) is 6.10 Å². The molecular formula is C23H34N4O5. The van der Waals surface area contributed by atoms with Gasteiger partial charge in [-0.2, -0.15) is 5.10 Å². The van der Waals surface area contributed by atoms with Gasteiger partial charge in [-0.1, -0.05) is 13.0 Å². The lowest BCUT2D eigenvalue weighted by molar-refractivity contribution is -0.181. The molecule has 9 heteroatoms. The van der Waals surface area contributed by atoms with E-state index < -0.39 is 11.6 Å². The molecule has 1 spiro atoms. The number of likely N-dealkylation sites (tertiary alicyclic amines) is 1. The first kappa shape index (κ1) is 24.2. The number of amides is 1. The van der Waals surface area contributed by atoms with Gasteiger partial charge in [0.25, 0.3) is 6.47 Å². The zero-order chi connectivity index (χ0) is 23.4. The molecular weight excluding hydrogens is 412 g/mol. The summed E-state index contributed by atoms with van der Waals surface area (Å²) < 4.78 is 8.11. The monoisotopic (exact) mass is 446 g/mol. The molecule has 32 heavy (non-hydrogen) atoms. The number of ether oxygens (including phenoxy) is 1. The normalized spacial score (nSPS) is 25.2. The van der Waals surface area contributed by atoms with E-state index in [9.17, 15) is 9.90 Å². The largest absolute Gasteiger partial charge is 0.483 e. The summed E-state index contributed by atoms with van der Waals surface area (Å²) in [5.41, 5.74) is 2.77. The molecule has 0 radical (unpaired) electrons. The minimum Gasteiger partial charge on any atom is -0.483 e. The fourth-order valence-corrected chi connectivity index (χ4v) is 4.90. The number of aliphatic hydroxyl groups is 1. The van der Waals surface area contributed by atoms with E-state index in [0.29, 0.717) is 12.8 Å². The molecule has 2 aliphatic rings. The molecule has 0 aliphatic carbocycles. The molecule has 1 amide bonds. The Morgan fingerprint density at radius 3 is 2.75 bits per heavy atom. The maximum atomic E-state index is 12.0. The Morgan fingerprint density at radius 1 is 1.41 bits per heavy atom. The summed E-state index contributed by atoms with van der Waals surface area (Å²) in [6.45, 7) is 8.65. The second kappa shape index (κ2) is 9.97. The lowest BCUT2D eigenvalue weighted by atomic mass is 9.74. The van der Waals surface area contributed by atoms with Crippen LogP contribution in [0.5, 0.6) is 0 Å². The fraction of sp³-hybridized carbons (Fsp3) is 0.609. The van der Waals surface area contributed by atoms with Crippen molar-refractivity contribution in [2.24, 2.45) is 0 Å². The van der Waals surface area contributed by atoms with E-state index in [1.165, 1.54) is 16.6 Å². The van der Waals surface area contributed by atoms with Gasteiger partial charge in [-0.3, -0.25) is 14.5 Å². The third kappa shape index (κ3) is 5.11. The molecule has 2 aliphatic heterocycles. The van der Waals surface area contributed by atoms with E-state index in [1.54, 1.807) is 0 Å². The van der Waals surface area contributed by atoms with Gasteiger partial charge < -0.3 is 20.3 Å². The lowest BCUT2D eigenvalue weighted by Crippen LogP contribution is -2.65. The van der Waals surface area contributed by atoms with E-state index in [4.69, 9.17) is 14.6 Å². The second-order valence-corrected chi connectivity index (χ2v) is 9.04. The van der Waals surface area contributed by atoms with Gasteiger partial charge in [0.15, 0.2) is 0 Å². The van der Waals surface area contributed by atoms with Crippen molar-refractivity contribution in [1.82, 2.24) is 19.8 Å². The van der Waals surface area contributed by atoms with E-state index in [2.05, 4.69) is 28.3 Å². The topological polar surface area (TPSA) is 116 Å². The van der Waals surface area contributed by atoms with Crippen LogP contribution in [-0.4, -0.2) is 74.0 Å². The number of aromatic nitrogens is 2. The number of hydrogen-bond acceptors (Lipinski definition) is 6. The highest BCUT2D eigenvalue weighted by Crippen LogP contribution is 2.40. The number of carboxylic acid groups (broad SMARTS) is 1. The van der Waals surface area contributed by atoms with Crippen LogP contribution in [0.15, 0.2) is 24.5 Å². The number of nitrogens with one attached hydrogen (secondary N) is 1. The number of piperidine rings is 1. The predicted molar refractivity (Wildman–Crippen MR) is 119 cm³/mol. The third-order valence-electron chi connectivity index (χ3n) is 6.70. The molecule has 2 aromatic rings. The standard InChI is InChI=1S/C22H32N4O3.CH2O2/c1-4-19(28)24-21(3)15-22(29-14-18(21)27)7-10-25(11-8-22)13-17-12-23-26-9-5-6-16(2)20(17)26;2-1-3/h5-6,9,12,18,27H,4,7-8,10-11,13-15H2,1-3H3,(H,24,28);1H,(H,2,3)/t18-,21-;/m1./s1. The van der Waals surface area contributed by atoms with Crippen molar-refractivity contribution >= 4 is 17.9 Å². The van der Waals surface area contributed by atoms with Crippen LogP contribution in [0.25, 0.3) is 5.52 Å². The summed E-state index contributed by atoms with van der Waals surface area (Å²) >= 11 is 0. The fourth-order valence-electron chi connectivity index (χ4n) is 4.90. The van der Waals surface area contributed by atoms with Crippen molar-refractivity contribution < 1.29 is 24.5 Å². The first-order valence-corrected chi connectivity index (χ1v) is 11.1. The van der Waals surface area contributed by atoms with Gasteiger partial charge in [-0.25, -0.2) is 4.52 Å². The first-order chi connectivity index (χ1) is 15.3. The van der Waals surface area contributed by atoms with Gasteiger partial charge >= 0.3 is 0 Å². The van der Waals surface area contributed by atoms with Crippen LogP contribution in [0.4, 0.5) is 0 Å². The molecule has 3 N–H and O–H groups in total. The molecule has 2 aromatic heterocycles. The van der Waals surface area contributed by atoms with Crippen molar-refractivity contribution in [3.63, 3.8) is 0 Å². The molecule has 2 saturated heterocycles. The molecule has 2 fully saturated rings. The Kier molecular flexibility index (Phi) is 7.53. The number of aryl methyl sites for hydroxylation is 1. The molecule has 9 nitrogen and oxygen atoms in total. The zero-order valence-corrected chi connectivity index (χ0v) is 19.1. The summed E-state index contributed by atoms with van der Waals surface area (Å²) in [6, 6.07) is 4.14. The van der Waals surface area contributed by atoms with Crippen molar-refractivity contribution in [2.75, 3.05) is 19.7 Å². The van der Waals surface area contributed by atoms with Crippen LogP contribution in [0.1, 0.15) is 50.7 Å². The highest BCUT2D eigenvalue weighted by Gasteiger charge is 2.50. The maximum Gasteiger partial charge on any atom is 0.290 e. The summed E-state index contributed by atoms with van der Waals surface area (Å²) in [6.07, 6.45) is 6.15. The molecule has 0 unspecified atom stereocenters. The predicted octanol–water partition coefficient (Wildman–Crippen LogP) is 1.74. The van der Waals surface area contributed by atoms with E-state index in [0.717, 1.165) is 32.5 Å².